The fourth-order valence-corrected chi connectivity index (χ4v) is 3.54. The van der Waals surface area contributed by atoms with E-state index in [4.69, 9.17) is 0 Å². The third-order valence-corrected chi connectivity index (χ3v) is 4.94. The molecule has 2 aromatic rings. The van der Waals surface area contributed by atoms with Crippen molar-refractivity contribution in [2.75, 3.05) is 18.0 Å². The summed E-state index contributed by atoms with van der Waals surface area (Å²) in [6.07, 6.45) is 3.20. The van der Waals surface area contributed by atoms with Gasteiger partial charge in [-0.1, -0.05) is 0 Å². The highest BCUT2D eigenvalue weighted by atomic mass is 32.2. The molecule has 25 heavy (non-hydrogen) atoms. The summed E-state index contributed by atoms with van der Waals surface area (Å²) in [6, 6.07) is 3.53. The summed E-state index contributed by atoms with van der Waals surface area (Å²) in [6.45, 7) is 1.15. The van der Waals surface area contributed by atoms with Gasteiger partial charge in [0.05, 0.1) is 16.1 Å². The standard InChI is InChI=1S/C16H14FN5O2S/c17-9-3-5-22(6-4-9)14-13-11(18-8-19-14)2-1-10(20-13)7-12-15(23)21-16(24)25-12/h1-2,7-9H,3-6H2,(H,21,23,24)/b12-7-. The number of rotatable bonds is 2. The van der Waals surface area contributed by atoms with E-state index < -0.39 is 17.3 Å². The van der Waals surface area contributed by atoms with E-state index in [1.807, 2.05) is 4.90 Å². The topological polar surface area (TPSA) is 88.1 Å². The van der Waals surface area contributed by atoms with Crippen LogP contribution in [0.15, 0.2) is 23.4 Å². The summed E-state index contributed by atoms with van der Waals surface area (Å²) in [5, 5.41) is 1.82. The monoisotopic (exact) mass is 359 g/mol. The van der Waals surface area contributed by atoms with Gasteiger partial charge in [-0.3, -0.25) is 14.9 Å². The van der Waals surface area contributed by atoms with E-state index in [-0.39, 0.29) is 0 Å². The number of nitrogens with zero attached hydrogens (tertiary/aromatic N) is 4. The number of hydrogen-bond acceptors (Lipinski definition) is 7. The maximum Gasteiger partial charge on any atom is 0.290 e. The Labute approximate surface area is 146 Å². The van der Waals surface area contributed by atoms with Crippen LogP contribution in [0, 0.1) is 0 Å². The SMILES string of the molecule is O=C1NC(=O)/C(=C/c2ccc3ncnc(N4CCC(F)CC4)c3n2)S1. The Hall–Kier alpha value is -2.55. The minimum atomic E-state index is -0.770. The quantitative estimate of drug-likeness (QED) is 0.823. The number of halogens is 1. The van der Waals surface area contributed by atoms with Crippen LogP contribution in [0.2, 0.25) is 0 Å². The van der Waals surface area contributed by atoms with E-state index in [2.05, 4.69) is 20.3 Å². The van der Waals surface area contributed by atoms with Gasteiger partial charge >= 0.3 is 0 Å². The number of carbonyl (C=O) groups is 2. The number of hydrogen-bond donors (Lipinski definition) is 1. The molecule has 2 saturated heterocycles. The second-order valence-corrected chi connectivity index (χ2v) is 6.83. The Bertz CT molecular complexity index is 895. The number of piperidine rings is 1. The van der Waals surface area contributed by atoms with Gasteiger partial charge in [0.15, 0.2) is 5.82 Å². The first kappa shape index (κ1) is 15.9. The lowest BCUT2D eigenvalue weighted by Gasteiger charge is -2.29. The molecule has 0 aliphatic carbocycles. The van der Waals surface area contributed by atoms with Crippen molar-refractivity contribution in [1.29, 1.82) is 0 Å². The van der Waals surface area contributed by atoms with Crippen molar-refractivity contribution >= 4 is 45.8 Å². The zero-order valence-corrected chi connectivity index (χ0v) is 13.9. The van der Waals surface area contributed by atoms with Gasteiger partial charge in [-0.15, -0.1) is 0 Å². The number of pyridine rings is 1. The Balaban J connectivity index is 1.72. The molecular formula is C16H14FN5O2S. The van der Waals surface area contributed by atoms with Gasteiger partial charge in [0.25, 0.3) is 11.1 Å². The molecule has 0 spiro atoms. The number of nitrogens with one attached hydrogen (secondary N) is 1. The first-order valence-corrected chi connectivity index (χ1v) is 8.67. The van der Waals surface area contributed by atoms with Crippen LogP contribution >= 0.6 is 11.8 Å². The van der Waals surface area contributed by atoms with Crippen LogP contribution in [0.25, 0.3) is 17.1 Å². The molecule has 0 radical (unpaired) electrons. The summed E-state index contributed by atoms with van der Waals surface area (Å²) in [7, 11) is 0. The van der Waals surface area contributed by atoms with Gasteiger partial charge in [0.2, 0.25) is 0 Å². The van der Waals surface area contributed by atoms with Crippen LogP contribution in [-0.2, 0) is 4.79 Å². The van der Waals surface area contributed by atoms with Gasteiger partial charge < -0.3 is 4.90 Å². The Morgan fingerprint density at radius 1 is 1.24 bits per heavy atom. The van der Waals surface area contributed by atoms with E-state index in [9.17, 15) is 14.0 Å². The number of aromatic nitrogens is 3. The molecule has 2 aliphatic heterocycles. The summed E-state index contributed by atoms with van der Waals surface area (Å²) in [4.78, 5) is 38.3. The van der Waals surface area contributed by atoms with E-state index in [1.165, 1.54) is 6.33 Å². The van der Waals surface area contributed by atoms with E-state index >= 15 is 0 Å². The number of carbonyl (C=O) groups excluding carboxylic acids is 2. The summed E-state index contributed by atoms with van der Waals surface area (Å²) >= 11 is 0.845. The molecule has 4 heterocycles. The maximum absolute atomic E-state index is 13.4. The molecule has 0 atom stereocenters. The minimum Gasteiger partial charge on any atom is -0.354 e. The predicted molar refractivity (Wildman–Crippen MR) is 92.8 cm³/mol. The highest BCUT2D eigenvalue weighted by molar-refractivity contribution is 8.18. The van der Waals surface area contributed by atoms with Crippen molar-refractivity contribution in [3.63, 3.8) is 0 Å². The van der Waals surface area contributed by atoms with Crippen molar-refractivity contribution in [1.82, 2.24) is 20.3 Å². The van der Waals surface area contributed by atoms with Crippen LogP contribution in [0.1, 0.15) is 18.5 Å². The molecule has 0 aromatic carbocycles. The van der Waals surface area contributed by atoms with Gasteiger partial charge in [-0.25, -0.2) is 19.3 Å². The van der Waals surface area contributed by atoms with Gasteiger partial charge in [-0.05, 0) is 42.8 Å². The summed E-state index contributed by atoms with van der Waals surface area (Å²) in [5.41, 5.74) is 1.81. The molecular weight excluding hydrogens is 345 g/mol. The average molecular weight is 359 g/mol. The van der Waals surface area contributed by atoms with Gasteiger partial charge in [0, 0.05) is 13.1 Å². The average Bonchev–Trinajstić information content (AvgIpc) is 2.92. The summed E-state index contributed by atoms with van der Waals surface area (Å²) in [5.74, 6) is 0.239. The van der Waals surface area contributed by atoms with Crippen molar-refractivity contribution in [2.45, 2.75) is 19.0 Å². The number of alkyl halides is 1. The van der Waals surface area contributed by atoms with Crippen LogP contribution < -0.4 is 10.2 Å². The van der Waals surface area contributed by atoms with Crippen molar-refractivity contribution in [3.8, 4) is 0 Å². The molecule has 128 valence electrons. The first-order valence-electron chi connectivity index (χ1n) is 7.86. The third-order valence-electron chi connectivity index (χ3n) is 4.13. The van der Waals surface area contributed by atoms with E-state index in [0.717, 1.165) is 11.8 Å². The highest BCUT2D eigenvalue weighted by Crippen LogP contribution is 2.28. The molecule has 0 bridgehead atoms. The highest BCUT2D eigenvalue weighted by Gasteiger charge is 2.25. The molecule has 1 N–H and O–H groups in total. The molecule has 0 saturated carbocycles. The first-order chi connectivity index (χ1) is 12.1. The second kappa shape index (κ2) is 6.40. The number of anilines is 1. The Morgan fingerprint density at radius 3 is 2.76 bits per heavy atom. The van der Waals surface area contributed by atoms with Crippen LogP contribution in [0.3, 0.4) is 0 Å². The zero-order valence-electron chi connectivity index (χ0n) is 13.1. The second-order valence-electron chi connectivity index (χ2n) is 5.82. The van der Waals surface area contributed by atoms with E-state index in [0.29, 0.717) is 53.4 Å². The van der Waals surface area contributed by atoms with Crippen molar-refractivity contribution in [3.05, 3.63) is 29.1 Å². The lowest BCUT2D eigenvalue weighted by atomic mass is 10.1. The Morgan fingerprint density at radius 2 is 2.04 bits per heavy atom. The molecule has 9 heteroatoms. The molecule has 2 amide bonds. The lowest BCUT2D eigenvalue weighted by Crippen LogP contribution is -2.35. The van der Waals surface area contributed by atoms with Crippen LogP contribution in [0.5, 0.6) is 0 Å². The van der Waals surface area contributed by atoms with Gasteiger partial charge in [0.1, 0.15) is 18.0 Å². The number of thioether (sulfide) groups is 1. The fourth-order valence-electron chi connectivity index (χ4n) is 2.87. The number of fused-ring (bicyclic) bond motifs is 1. The zero-order chi connectivity index (χ0) is 17.4. The molecule has 2 aromatic heterocycles. The smallest absolute Gasteiger partial charge is 0.290 e. The number of imide groups is 1. The van der Waals surface area contributed by atoms with Crippen LogP contribution in [0.4, 0.5) is 15.0 Å². The molecule has 2 aliphatic rings. The predicted octanol–water partition coefficient (Wildman–Crippen LogP) is 2.29. The minimum absolute atomic E-state index is 0.300. The Kier molecular flexibility index (Phi) is 4.08. The number of amides is 2. The molecule has 0 unspecified atom stereocenters. The molecule has 2 fully saturated rings. The van der Waals surface area contributed by atoms with E-state index in [1.54, 1.807) is 18.2 Å². The largest absolute Gasteiger partial charge is 0.354 e. The van der Waals surface area contributed by atoms with Crippen LogP contribution in [-0.4, -0.2) is 45.4 Å². The normalized spacial score (nSPS) is 20.5. The maximum atomic E-state index is 13.4. The summed E-state index contributed by atoms with van der Waals surface area (Å²) < 4.78 is 13.4. The lowest BCUT2D eigenvalue weighted by molar-refractivity contribution is -0.115. The fraction of sp³-hybridized carbons (Fsp3) is 0.312. The van der Waals surface area contributed by atoms with Crippen molar-refractivity contribution < 1.29 is 14.0 Å². The van der Waals surface area contributed by atoms with Gasteiger partial charge in [-0.2, -0.15) is 0 Å². The van der Waals surface area contributed by atoms with Crippen molar-refractivity contribution in [2.24, 2.45) is 0 Å². The molecule has 7 nitrogen and oxygen atoms in total. The molecule has 4 rings (SSSR count). The third kappa shape index (κ3) is 3.19.